The van der Waals surface area contributed by atoms with Crippen LogP contribution in [0.3, 0.4) is 0 Å². The summed E-state index contributed by atoms with van der Waals surface area (Å²) in [4.78, 5) is 0. The first-order chi connectivity index (χ1) is 5.81. The fourth-order valence-electron chi connectivity index (χ4n) is 1.65. The lowest BCUT2D eigenvalue weighted by atomic mass is 10.1. The number of hydrogen-bond donors (Lipinski definition) is 0. The average molecular weight is 162 g/mol. The third-order valence-electron chi connectivity index (χ3n) is 2.44. The van der Waals surface area contributed by atoms with Crippen molar-refractivity contribution in [2.75, 3.05) is 0 Å². The van der Waals surface area contributed by atoms with Crippen molar-refractivity contribution in [2.45, 2.75) is 40.0 Å². The van der Waals surface area contributed by atoms with Crippen molar-refractivity contribution in [1.82, 2.24) is 0 Å². The summed E-state index contributed by atoms with van der Waals surface area (Å²) in [6.45, 7) is 6.56. The minimum Gasteiger partial charge on any atom is -0.0871 e. The summed E-state index contributed by atoms with van der Waals surface area (Å²) < 4.78 is 0. The van der Waals surface area contributed by atoms with Crippen LogP contribution in [0.25, 0.3) is 0 Å². The molecule has 0 aromatic carbocycles. The molecule has 0 heterocycles. The predicted octanol–water partition coefficient (Wildman–Crippen LogP) is 4.01. The van der Waals surface area contributed by atoms with E-state index in [1.165, 1.54) is 24.8 Å². The second-order valence-electron chi connectivity index (χ2n) is 3.25. The van der Waals surface area contributed by atoms with Gasteiger partial charge in [-0.25, -0.2) is 0 Å². The van der Waals surface area contributed by atoms with Gasteiger partial charge in [0.25, 0.3) is 0 Å². The van der Waals surface area contributed by atoms with Gasteiger partial charge in [0.2, 0.25) is 0 Å². The van der Waals surface area contributed by atoms with E-state index < -0.39 is 0 Å². The van der Waals surface area contributed by atoms with Gasteiger partial charge in [-0.3, -0.25) is 0 Å². The van der Waals surface area contributed by atoms with Gasteiger partial charge in [0.1, 0.15) is 0 Å². The van der Waals surface area contributed by atoms with Gasteiger partial charge in [-0.05, 0) is 31.8 Å². The van der Waals surface area contributed by atoms with E-state index >= 15 is 0 Å². The van der Waals surface area contributed by atoms with Crippen molar-refractivity contribution in [1.29, 1.82) is 0 Å². The highest BCUT2D eigenvalue weighted by Crippen LogP contribution is 2.29. The van der Waals surface area contributed by atoms with E-state index in [1.807, 2.05) is 0 Å². The Labute approximate surface area is 75.7 Å². The quantitative estimate of drug-likeness (QED) is 0.588. The van der Waals surface area contributed by atoms with E-state index in [9.17, 15) is 0 Å². The highest BCUT2D eigenvalue weighted by molar-refractivity contribution is 5.45. The van der Waals surface area contributed by atoms with E-state index in [-0.39, 0.29) is 0 Å². The maximum atomic E-state index is 2.35. The Kier molecular flexibility index (Phi) is 3.33. The highest BCUT2D eigenvalue weighted by atomic mass is 14.2. The molecule has 0 N–H and O–H groups in total. The first-order valence-corrected chi connectivity index (χ1v) is 4.86. The Balaban J connectivity index is 2.79. The van der Waals surface area contributed by atoms with Crippen molar-refractivity contribution >= 4 is 0 Å². The molecule has 1 aliphatic rings. The molecule has 0 fully saturated rings. The van der Waals surface area contributed by atoms with Crippen molar-refractivity contribution in [2.24, 2.45) is 0 Å². The maximum Gasteiger partial charge on any atom is -0.00963 e. The van der Waals surface area contributed by atoms with Crippen LogP contribution in [0.2, 0.25) is 0 Å². The van der Waals surface area contributed by atoms with Gasteiger partial charge in [-0.2, -0.15) is 0 Å². The molecular weight excluding hydrogens is 144 g/mol. The number of allylic oxidation sites excluding steroid dienone is 6. The van der Waals surface area contributed by atoms with E-state index in [0.29, 0.717) is 0 Å². The molecule has 0 spiro atoms. The zero-order valence-electron chi connectivity index (χ0n) is 8.35. The van der Waals surface area contributed by atoms with Crippen LogP contribution in [0.4, 0.5) is 0 Å². The molecule has 0 amide bonds. The van der Waals surface area contributed by atoms with Gasteiger partial charge in [0.15, 0.2) is 0 Å². The molecule has 0 aromatic heterocycles. The molecule has 0 bridgehead atoms. The largest absolute Gasteiger partial charge is 0.0871 e. The smallest absolute Gasteiger partial charge is 0.00963 e. The molecule has 0 unspecified atom stereocenters. The summed E-state index contributed by atoms with van der Waals surface area (Å²) in [5, 5.41) is 0. The van der Waals surface area contributed by atoms with Gasteiger partial charge < -0.3 is 0 Å². The second kappa shape index (κ2) is 4.30. The number of hydrogen-bond acceptors (Lipinski definition) is 0. The van der Waals surface area contributed by atoms with Gasteiger partial charge in [-0.1, -0.05) is 43.2 Å². The SMILES string of the molecule is CC=CC1=C(CC)CC(CC)=C1. The average Bonchev–Trinajstić information content (AvgIpc) is 2.48. The second-order valence-corrected chi connectivity index (χ2v) is 3.25. The van der Waals surface area contributed by atoms with Crippen LogP contribution in [0.15, 0.2) is 34.9 Å². The minimum absolute atomic E-state index is 1.19. The maximum absolute atomic E-state index is 2.35. The van der Waals surface area contributed by atoms with Crippen LogP contribution in [-0.2, 0) is 0 Å². The third-order valence-corrected chi connectivity index (χ3v) is 2.44. The van der Waals surface area contributed by atoms with E-state index in [2.05, 4.69) is 39.0 Å². The molecule has 0 aromatic rings. The van der Waals surface area contributed by atoms with Crippen LogP contribution >= 0.6 is 0 Å². The Morgan fingerprint density at radius 1 is 1.33 bits per heavy atom. The van der Waals surface area contributed by atoms with Crippen LogP contribution in [0.5, 0.6) is 0 Å². The molecule has 66 valence electrons. The normalized spacial score (nSPS) is 17.8. The summed E-state index contributed by atoms with van der Waals surface area (Å²) >= 11 is 0. The van der Waals surface area contributed by atoms with Gasteiger partial charge in [0, 0.05) is 0 Å². The highest BCUT2D eigenvalue weighted by Gasteiger charge is 2.10. The number of rotatable bonds is 3. The molecule has 0 saturated heterocycles. The molecule has 0 atom stereocenters. The summed E-state index contributed by atoms with van der Waals surface area (Å²) in [7, 11) is 0. The van der Waals surface area contributed by atoms with E-state index in [4.69, 9.17) is 0 Å². The van der Waals surface area contributed by atoms with E-state index in [1.54, 1.807) is 11.1 Å². The predicted molar refractivity (Wildman–Crippen MR) is 55.1 cm³/mol. The molecule has 0 heteroatoms. The van der Waals surface area contributed by atoms with E-state index in [0.717, 1.165) is 0 Å². The standard InChI is InChI=1S/C12H18/c1-4-7-12-9-10(5-2)8-11(12)6-3/h4,7,9H,5-6,8H2,1-3H3. The first-order valence-electron chi connectivity index (χ1n) is 4.86. The summed E-state index contributed by atoms with van der Waals surface area (Å²) in [6.07, 6.45) is 10.3. The van der Waals surface area contributed by atoms with Gasteiger partial charge in [-0.15, -0.1) is 0 Å². The van der Waals surface area contributed by atoms with Crippen molar-refractivity contribution in [3.8, 4) is 0 Å². The van der Waals surface area contributed by atoms with Crippen LogP contribution < -0.4 is 0 Å². The third kappa shape index (κ3) is 1.88. The summed E-state index contributed by atoms with van der Waals surface area (Å²) in [5.41, 5.74) is 4.64. The van der Waals surface area contributed by atoms with Crippen LogP contribution in [-0.4, -0.2) is 0 Å². The molecule has 0 aliphatic heterocycles. The first kappa shape index (κ1) is 9.31. The Hall–Kier alpha value is -0.780. The molecule has 12 heavy (non-hydrogen) atoms. The van der Waals surface area contributed by atoms with Crippen LogP contribution in [0.1, 0.15) is 40.0 Å². The molecule has 0 saturated carbocycles. The lowest BCUT2D eigenvalue weighted by Gasteiger charge is -1.99. The van der Waals surface area contributed by atoms with Crippen molar-refractivity contribution in [3.63, 3.8) is 0 Å². The van der Waals surface area contributed by atoms with Gasteiger partial charge in [0.05, 0.1) is 0 Å². The Morgan fingerprint density at radius 3 is 2.58 bits per heavy atom. The molecule has 0 nitrogen and oxygen atoms in total. The molecular formula is C12H18. The lowest BCUT2D eigenvalue weighted by Crippen LogP contribution is -1.80. The van der Waals surface area contributed by atoms with Crippen LogP contribution in [0, 0.1) is 0 Å². The zero-order valence-corrected chi connectivity index (χ0v) is 8.35. The lowest BCUT2D eigenvalue weighted by molar-refractivity contribution is 0.957. The topological polar surface area (TPSA) is 0 Å². The minimum atomic E-state index is 1.19. The summed E-state index contributed by atoms with van der Waals surface area (Å²) in [5.74, 6) is 0. The fourth-order valence-corrected chi connectivity index (χ4v) is 1.65. The molecule has 1 aliphatic carbocycles. The monoisotopic (exact) mass is 162 g/mol. The molecule has 0 radical (unpaired) electrons. The Morgan fingerprint density at radius 2 is 2.08 bits per heavy atom. The zero-order chi connectivity index (χ0) is 8.97. The van der Waals surface area contributed by atoms with Crippen molar-refractivity contribution < 1.29 is 0 Å². The molecule has 1 rings (SSSR count). The Bertz CT molecular complexity index is 239. The summed E-state index contributed by atoms with van der Waals surface area (Å²) in [6, 6.07) is 0. The fraction of sp³-hybridized carbons (Fsp3) is 0.500. The van der Waals surface area contributed by atoms with Crippen molar-refractivity contribution in [3.05, 3.63) is 34.9 Å². The van der Waals surface area contributed by atoms with Gasteiger partial charge >= 0.3 is 0 Å².